The number of hydrogen-bond acceptors (Lipinski definition) is 4. The van der Waals surface area contributed by atoms with Crippen LogP contribution >= 0.6 is 0 Å². The highest BCUT2D eigenvalue weighted by Gasteiger charge is 2.05. The van der Waals surface area contributed by atoms with Crippen molar-refractivity contribution in [3.8, 4) is 0 Å². The van der Waals surface area contributed by atoms with E-state index in [2.05, 4.69) is 5.32 Å². The van der Waals surface area contributed by atoms with Crippen molar-refractivity contribution in [2.75, 3.05) is 31.9 Å². The van der Waals surface area contributed by atoms with Gasteiger partial charge in [0.25, 0.3) is 5.91 Å². The molecule has 0 fully saturated rings. The van der Waals surface area contributed by atoms with Crippen LogP contribution < -0.4 is 11.1 Å². The summed E-state index contributed by atoms with van der Waals surface area (Å²) < 4.78 is 0. The lowest BCUT2D eigenvalue weighted by molar-refractivity contribution is -0.131. The van der Waals surface area contributed by atoms with Gasteiger partial charge in [0.15, 0.2) is 0 Å². The minimum Gasteiger partial charge on any atom is -0.478 e. The van der Waals surface area contributed by atoms with E-state index in [1.54, 1.807) is 30.3 Å². The zero-order valence-corrected chi connectivity index (χ0v) is 12.1. The van der Waals surface area contributed by atoms with Gasteiger partial charge in [-0.15, -0.1) is 0 Å². The van der Waals surface area contributed by atoms with Crippen LogP contribution in [-0.4, -0.2) is 48.1 Å². The summed E-state index contributed by atoms with van der Waals surface area (Å²) in [5.41, 5.74) is 6.75. The average molecular weight is 291 g/mol. The number of carbonyl (C=O) groups excluding carboxylic acids is 1. The molecule has 21 heavy (non-hydrogen) atoms. The van der Waals surface area contributed by atoms with Crippen molar-refractivity contribution in [3.63, 3.8) is 0 Å². The second-order valence-electron chi connectivity index (χ2n) is 4.51. The molecule has 0 bridgehead atoms. The van der Waals surface area contributed by atoms with E-state index < -0.39 is 5.97 Å². The summed E-state index contributed by atoms with van der Waals surface area (Å²) in [6, 6.07) is 6.73. The van der Waals surface area contributed by atoms with E-state index in [9.17, 15) is 9.59 Å². The third-order valence-corrected chi connectivity index (χ3v) is 2.96. The van der Waals surface area contributed by atoms with E-state index in [1.807, 2.05) is 11.8 Å². The molecule has 0 aliphatic rings. The molecule has 4 N–H and O–H groups in total. The average Bonchev–Trinajstić information content (AvgIpc) is 2.45. The summed E-state index contributed by atoms with van der Waals surface area (Å²) in [6.07, 6.45) is 2.71. The highest BCUT2D eigenvalue weighted by molar-refractivity contribution is 5.94. The maximum atomic E-state index is 11.9. The van der Waals surface area contributed by atoms with Crippen molar-refractivity contribution in [1.82, 2.24) is 10.2 Å². The Kier molecular flexibility index (Phi) is 6.97. The Morgan fingerprint density at radius 3 is 2.57 bits per heavy atom. The summed E-state index contributed by atoms with van der Waals surface area (Å²) in [4.78, 5) is 24.3. The number of carbonyl (C=O) groups is 2. The molecule has 0 heterocycles. The standard InChI is InChI=1S/C15H21N3O3/c1-2-18(10-3-4-14(19)20)11-9-17-15(21)12-5-7-13(16)8-6-12/h3-8H,2,9-11,16H2,1H3,(H,17,21)(H,19,20)/b4-3+. The first-order valence-corrected chi connectivity index (χ1v) is 6.78. The monoisotopic (exact) mass is 291 g/mol. The first kappa shape index (κ1) is 16.7. The lowest BCUT2D eigenvalue weighted by Gasteiger charge is -2.18. The molecule has 6 heteroatoms. The predicted molar refractivity (Wildman–Crippen MR) is 82.1 cm³/mol. The van der Waals surface area contributed by atoms with Crippen molar-refractivity contribution in [2.45, 2.75) is 6.92 Å². The number of anilines is 1. The van der Waals surface area contributed by atoms with E-state index in [0.29, 0.717) is 30.9 Å². The van der Waals surface area contributed by atoms with E-state index in [1.165, 1.54) is 0 Å². The number of rotatable bonds is 8. The smallest absolute Gasteiger partial charge is 0.328 e. The van der Waals surface area contributed by atoms with Crippen molar-refractivity contribution < 1.29 is 14.7 Å². The molecule has 0 radical (unpaired) electrons. The third kappa shape index (κ3) is 6.58. The summed E-state index contributed by atoms with van der Waals surface area (Å²) in [6.45, 7) is 4.46. The second kappa shape index (κ2) is 8.76. The fourth-order valence-electron chi connectivity index (χ4n) is 1.75. The van der Waals surface area contributed by atoms with Gasteiger partial charge in [-0.25, -0.2) is 4.79 Å². The van der Waals surface area contributed by atoms with Gasteiger partial charge in [-0.05, 0) is 30.8 Å². The number of aliphatic carboxylic acids is 1. The second-order valence-corrected chi connectivity index (χ2v) is 4.51. The van der Waals surface area contributed by atoms with Crippen LogP contribution in [0.1, 0.15) is 17.3 Å². The van der Waals surface area contributed by atoms with Crippen LogP contribution in [0.15, 0.2) is 36.4 Å². The normalized spacial score (nSPS) is 11.0. The Morgan fingerprint density at radius 1 is 1.33 bits per heavy atom. The molecule has 1 amide bonds. The molecule has 0 unspecified atom stereocenters. The van der Waals surface area contributed by atoms with Crippen molar-refractivity contribution >= 4 is 17.6 Å². The number of nitrogen functional groups attached to an aromatic ring is 1. The predicted octanol–water partition coefficient (Wildman–Crippen LogP) is 0.961. The van der Waals surface area contributed by atoms with Crippen LogP contribution in [0.5, 0.6) is 0 Å². The molecule has 0 atom stereocenters. The maximum absolute atomic E-state index is 11.9. The van der Waals surface area contributed by atoms with Gasteiger partial charge >= 0.3 is 5.97 Å². The van der Waals surface area contributed by atoms with Gasteiger partial charge in [0.05, 0.1) is 0 Å². The van der Waals surface area contributed by atoms with E-state index in [4.69, 9.17) is 10.8 Å². The summed E-state index contributed by atoms with van der Waals surface area (Å²) in [5.74, 6) is -1.10. The SMILES string of the molecule is CCN(C/C=C/C(=O)O)CCNC(=O)c1ccc(N)cc1. The number of nitrogens with zero attached hydrogens (tertiary/aromatic N) is 1. The first-order chi connectivity index (χ1) is 10.0. The summed E-state index contributed by atoms with van der Waals surface area (Å²) >= 11 is 0. The van der Waals surface area contributed by atoms with E-state index in [-0.39, 0.29) is 5.91 Å². The van der Waals surface area contributed by atoms with Gasteiger partial charge in [0.2, 0.25) is 0 Å². The highest BCUT2D eigenvalue weighted by Crippen LogP contribution is 2.04. The molecular weight excluding hydrogens is 270 g/mol. The minimum absolute atomic E-state index is 0.146. The molecule has 6 nitrogen and oxygen atoms in total. The molecule has 0 aliphatic carbocycles. The van der Waals surface area contributed by atoms with Crippen LogP contribution in [0, 0.1) is 0 Å². The lowest BCUT2D eigenvalue weighted by atomic mass is 10.2. The van der Waals surface area contributed by atoms with E-state index in [0.717, 1.165) is 12.6 Å². The molecule has 0 saturated heterocycles. The largest absolute Gasteiger partial charge is 0.478 e. The van der Waals surface area contributed by atoms with Crippen LogP contribution in [0.4, 0.5) is 5.69 Å². The first-order valence-electron chi connectivity index (χ1n) is 6.78. The number of nitrogens with one attached hydrogen (secondary N) is 1. The van der Waals surface area contributed by atoms with Crippen LogP contribution in [0.2, 0.25) is 0 Å². The fourth-order valence-corrected chi connectivity index (χ4v) is 1.75. The van der Waals surface area contributed by atoms with E-state index >= 15 is 0 Å². The number of carboxylic acid groups (broad SMARTS) is 1. The highest BCUT2D eigenvalue weighted by atomic mass is 16.4. The van der Waals surface area contributed by atoms with Gasteiger partial charge in [-0.3, -0.25) is 9.69 Å². The number of carboxylic acids is 1. The molecule has 114 valence electrons. The molecule has 0 aliphatic heterocycles. The Balaban J connectivity index is 2.35. The Morgan fingerprint density at radius 2 is 2.00 bits per heavy atom. The molecular formula is C15H21N3O3. The summed E-state index contributed by atoms with van der Waals surface area (Å²) in [5, 5.41) is 11.3. The zero-order valence-electron chi connectivity index (χ0n) is 12.1. The number of nitrogens with two attached hydrogens (primary N) is 1. The topological polar surface area (TPSA) is 95.7 Å². The third-order valence-electron chi connectivity index (χ3n) is 2.96. The molecule has 0 aromatic heterocycles. The Labute approximate surface area is 124 Å². The minimum atomic E-state index is -0.956. The van der Waals surface area contributed by atoms with Gasteiger partial charge < -0.3 is 16.2 Å². The van der Waals surface area contributed by atoms with Gasteiger partial charge in [0.1, 0.15) is 0 Å². The van der Waals surface area contributed by atoms with Crippen LogP contribution in [-0.2, 0) is 4.79 Å². The molecule has 0 saturated carbocycles. The quantitative estimate of drug-likeness (QED) is 0.490. The Bertz CT molecular complexity index is 497. The Hall–Kier alpha value is -2.34. The number of hydrogen-bond donors (Lipinski definition) is 3. The molecule has 0 spiro atoms. The number of benzene rings is 1. The lowest BCUT2D eigenvalue weighted by Crippen LogP contribution is -2.35. The van der Waals surface area contributed by atoms with Gasteiger partial charge in [-0.2, -0.15) is 0 Å². The van der Waals surface area contributed by atoms with Crippen molar-refractivity contribution in [3.05, 3.63) is 42.0 Å². The maximum Gasteiger partial charge on any atom is 0.328 e. The van der Waals surface area contributed by atoms with Gasteiger partial charge in [-0.1, -0.05) is 13.0 Å². The number of likely N-dealkylation sites (N-methyl/N-ethyl adjacent to an activating group) is 1. The van der Waals surface area contributed by atoms with Crippen molar-refractivity contribution in [1.29, 1.82) is 0 Å². The van der Waals surface area contributed by atoms with Crippen molar-refractivity contribution in [2.24, 2.45) is 0 Å². The summed E-state index contributed by atoms with van der Waals surface area (Å²) in [7, 11) is 0. The molecule has 1 rings (SSSR count). The number of amides is 1. The van der Waals surface area contributed by atoms with Crippen LogP contribution in [0.25, 0.3) is 0 Å². The molecule has 1 aromatic rings. The van der Waals surface area contributed by atoms with Gasteiger partial charge in [0, 0.05) is 37.0 Å². The van der Waals surface area contributed by atoms with Crippen LogP contribution in [0.3, 0.4) is 0 Å². The fraction of sp³-hybridized carbons (Fsp3) is 0.333. The zero-order chi connectivity index (χ0) is 15.7. The molecule has 1 aromatic carbocycles.